The molecule has 0 spiro atoms. The minimum atomic E-state index is -0.250. The summed E-state index contributed by atoms with van der Waals surface area (Å²) in [7, 11) is 0. The van der Waals surface area contributed by atoms with E-state index >= 15 is 0 Å². The van der Waals surface area contributed by atoms with Crippen molar-refractivity contribution in [1.29, 1.82) is 0 Å². The molecule has 4 aromatic rings. The highest BCUT2D eigenvalue weighted by atomic mass is 16.5. The van der Waals surface area contributed by atoms with Gasteiger partial charge in [-0.05, 0) is 135 Å². The van der Waals surface area contributed by atoms with Crippen LogP contribution in [-0.4, -0.2) is 10.2 Å². The number of hydrogen-bond donors (Lipinski definition) is 2. The second-order valence-corrected chi connectivity index (χ2v) is 11.5. The summed E-state index contributed by atoms with van der Waals surface area (Å²) in [5.74, 6) is 3.75. The molecule has 0 saturated heterocycles. The Hall–Kier alpha value is -3.92. The maximum Gasteiger partial charge on any atom is 0.133 e. The number of rotatable bonds is 6. The van der Waals surface area contributed by atoms with Crippen molar-refractivity contribution in [2.24, 2.45) is 0 Å². The first kappa shape index (κ1) is 30.6. The SMILES string of the molecule is C.Cc1cc(Oc2c(C)cc(C(C)(C)c3cc(C)c(Oc4cc(C)c(O)c(C)c4)c(C)c3)cc2C)cc(C)c1O. The lowest BCUT2D eigenvalue weighted by atomic mass is 9.76. The monoisotopic (exact) mass is 540 g/mol. The minimum Gasteiger partial charge on any atom is -0.507 e. The maximum atomic E-state index is 10.1. The van der Waals surface area contributed by atoms with Crippen LogP contribution >= 0.6 is 0 Å². The molecule has 0 amide bonds. The fourth-order valence-electron chi connectivity index (χ4n) is 5.30. The van der Waals surface area contributed by atoms with E-state index in [9.17, 15) is 10.2 Å². The molecule has 2 N–H and O–H groups in total. The number of aryl methyl sites for hydroxylation is 8. The predicted molar refractivity (Wildman–Crippen MR) is 166 cm³/mol. The average Bonchev–Trinajstić information content (AvgIpc) is 2.85. The lowest BCUT2D eigenvalue weighted by Crippen LogP contribution is -2.20. The lowest BCUT2D eigenvalue weighted by Gasteiger charge is -2.29. The van der Waals surface area contributed by atoms with Gasteiger partial charge in [-0.1, -0.05) is 45.5 Å². The summed E-state index contributed by atoms with van der Waals surface area (Å²) >= 11 is 0. The van der Waals surface area contributed by atoms with Crippen LogP contribution in [0.1, 0.15) is 76.9 Å². The number of phenols is 2. The third-order valence-corrected chi connectivity index (χ3v) is 7.73. The van der Waals surface area contributed by atoms with E-state index in [1.54, 1.807) is 0 Å². The molecule has 0 fully saturated rings. The number of aromatic hydroxyl groups is 2. The first-order chi connectivity index (χ1) is 18.2. The van der Waals surface area contributed by atoms with Crippen LogP contribution in [0.25, 0.3) is 0 Å². The van der Waals surface area contributed by atoms with Crippen molar-refractivity contribution in [2.75, 3.05) is 0 Å². The molecule has 40 heavy (non-hydrogen) atoms. The molecular weight excluding hydrogens is 496 g/mol. The molecule has 4 aromatic carbocycles. The lowest BCUT2D eigenvalue weighted by molar-refractivity contribution is 0.453. The van der Waals surface area contributed by atoms with Crippen LogP contribution in [0, 0.1) is 55.4 Å². The molecule has 0 aliphatic heterocycles. The van der Waals surface area contributed by atoms with Gasteiger partial charge < -0.3 is 19.7 Å². The third-order valence-electron chi connectivity index (χ3n) is 7.73. The molecule has 4 rings (SSSR count). The first-order valence-corrected chi connectivity index (χ1v) is 13.4. The Morgan fingerprint density at radius 2 is 0.700 bits per heavy atom. The van der Waals surface area contributed by atoms with Gasteiger partial charge in [0, 0.05) is 5.41 Å². The number of ether oxygens (including phenoxy) is 2. The zero-order chi connectivity index (χ0) is 28.8. The highest BCUT2D eigenvalue weighted by Gasteiger charge is 2.27. The predicted octanol–water partition coefficient (Wildman–Crippen LogP) is 10.1. The van der Waals surface area contributed by atoms with E-state index < -0.39 is 0 Å². The Kier molecular flexibility index (Phi) is 8.64. The quantitative estimate of drug-likeness (QED) is 0.255. The molecule has 0 saturated carbocycles. The highest BCUT2D eigenvalue weighted by molar-refractivity contribution is 5.55. The Balaban J connectivity index is 0.00000441. The van der Waals surface area contributed by atoms with Gasteiger partial charge in [-0.2, -0.15) is 0 Å². The number of hydrogen-bond acceptors (Lipinski definition) is 4. The molecule has 4 nitrogen and oxygen atoms in total. The molecule has 0 aromatic heterocycles. The molecule has 0 heterocycles. The average molecular weight is 541 g/mol. The number of benzene rings is 4. The van der Waals surface area contributed by atoms with Gasteiger partial charge in [-0.15, -0.1) is 0 Å². The van der Waals surface area contributed by atoms with Crippen LogP contribution < -0.4 is 9.47 Å². The van der Waals surface area contributed by atoms with Gasteiger partial charge >= 0.3 is 0 Å². The van der Waals surface area contributed by atoms with Gasteiger partial charge in [0.05, 0.1) is 0 Å². The van der Waals surface area contributed by atoms with Crippen LogP contribution in [-0.2, 0) is 5.41 Å². The summed E-state index contributed by atoms with van der Waals surface area (Å²) in [6, 6.07) is 16.3. The molecule has 0 unspecified atom stereocenters. The largest absolute Gasteiger partial charge is 0.507 e. The summed E-state index contributed by atoms with van der Waals surface area (Å²) < 4.78 is 12.6. The van der Waals surface area contributed by atoms with Crippen molar-refractivity contribution in [2.45, 2.75) is 82.1 Å². The van der Waals surface area contributed by atoms with E-state index in [2.05, 4.69) is 65.8 Å². The van der Waals surface area contributed by atoms with E-state index in [1.807, 2.05) is 52.0 Å². The fraction of sp³-hybridized carbons (Fsp3) is 0.333. The first-order valence-electron chi connectivity index (χ1n) is 13.4. The minimum absolute atomic E-state index is 0. The van der Waals surface area contributed by atoms with Crippen molar-refractivity contribution >= 4 is 0 Å². The van der Waals surface area contributed by atoms with E-state index in [4.69, 9.17) is 9.47 Å². The Bertz CT molecular complexity index is 1370. The zero-order valence-electron chi connectivity index (χ0n) is 24.8. The van der Waals surface area contributed by atoms with Gasteiger partial charge in [0.15, 0.2) is 0 Å². The van der Waals surface area contributed by atoms with E-state index in [0.717, 1.165) is 67.5 Å². The molecule has 212 valence electrons. The fourth-order valence-corrected chi connectivity index (χ4v) is 5.30. The standard InChI is InChI=1S/C35H40O4.CH4/c1-19-15-29(16-20(2)31(19)36)38-33-23(5)11-27(12-24(33)6)35(9,10)28-13-25(7)34(26(8)14-28)39-30-17-21(3)32(37)22(4)18-30;/h11-18,36-37H,1-10H3;1H4. The molecule has 4 heteroatoms. The second-order valence-electron chi connectivity index (χ2n) is 11.5. The summed E-state index contributed by atoms with van der Waals surface area (Å²) in [6.07, 6.45) is 0. The van der Waals surface area contributed by atoms with Crippen LogP contribution in [0.3, 0.4) is 0 Å². The zero-order valence-corrected chi connectivity index (χ0v) is 24.8. The van der Waals surface area contributed by atoms with E-state index in [1.165, 1.54) is 11.1 Å². The summed E-state index contributed by atoms with van der Waals surface area (Å²) in [5.41, 5.74) is 9.61. The summed E-state index contributed by atoms with van der Waals surface area (Å²) in [5, 5.41) is 20.3. The van der Waals surface area contributed by atoms with Gasteiger partial charge in [-0.25, -0.2) is 0 Å². The summed E-state index contributed by atoms with van der Waals surface area (Å²) in [6.45, 7) is 20.3. The Morgan fingerprint density at radius 1 is 0.450 bits per heavy atom. The van der Waals surface area contributed by atoms with Crippen molar-refractivity contribution in [1.82, 2.24) is 0 Å². The molecule has 0 atom stereocenters. The van der Waals surface area contributed by atoms with Crippen LogP contribution in [0.4, 0.5) is 0 Å². The molecular formula is C36H44O4. The Labute approximate surface area is 240 Å². The van der Waals surface area contributed by atoms with Crippen LogP contribution in [0.5, 0.6) is 34.5 Å². The second kappa shape index (κ2) is 11.3. The smallest absolute Gasteiger partial charge is 0.133 e. The highest BCUT2D eigenvalue weighted by Crippen LogP contribution is 2.41. The van der Waals surface area contributed by atoms with Gasteiger partial charge in [0.1, 0.15) is 34.5 Å². The van der Waals surface area contributed by atoms with Crippen molar-refractivity contribution in [3.63, 3.8) is 0 Å². The van der Waals surface area contributed by atoms with E-state index in [-0.39, 0.29) is 12.8 Å². The maximum absolute atomic E-state index is 10.1. The van der Waals surface area contributed by atoms with Crippen LogP contribution in [0.15, 0.2) is 48.5 Å². The number of phenolic OH excluding ortho intramolecular Hbond substituents is 2. The van der Waals surface area contributed by atoms with Gasteiger partial charge in [0.2, 0.25) is 0 Å². The van der Waals surface area contributed by atoms with Gasteiger partial charge in [-0.3, -0.25) is 0 Å². The third kappa shape index (κ3) is 5.82. The topological polar surface area (TPSA) is 58.9 Å². The van der Waals surface area contributed by atoms with Crippen molar-refractivity contribution in [3.8, 4) is 34.5 Å². The molecule has 0 bridgehead atoms. The molecule has 0 radical (unpaired) electrons. The van der Waals surface area contributed by atoms with Gasteiger partial charge in [0.25, 0.3) is 0 Å². The Morgan fingerprint density at radius 3 is 0.950 bits per heavy atom. The van der Waals surface area contributed by atoms with E-state index in [0.29, 0.717) is 11.5 Å². The molecule has 0 aliphatic carbocycles. The molecule has 0 aliphatic rings. The normalized spacial score (nSPS) is 11.2. The van der Waals surface area contributed by atoms with Crippen molar-refractivity contribution in [3.05, 3.63) is 104 Å². The summed E-state index contributed by atoms with van der Waals surface area (Å²) in [4.78, 5) is 0. The van der Waals surface area contributed by atoms with Crippen LogP contribution in [0.2, 0.25) is 0 Å². The van der Waals surface area contributed by atoms with Crippen molar-refractivity contribution < 1.29 is 19.7 Å².